The smallest absolute Gasteiger partial charge is 0.307 e. The van der Waals surface area contributed by atoms with Crippen molar-refractivity contribution in [2.45, 2.75) is 39.2 Å². The van der Waals surface area contributed by atoms with Crippen molar-refractivity contribution in [3.8, 4) is 0 Å². The van der Waals surface area contributed by atoms with Crippen LogP contribution in [-0.2, 0) is 16.1 Å². The van der Waals surface area contributed by atoms with Crippen LogP contribution >= 0.6 is 0 Å². The molecule has 1 aromatic heterocycles. The number of aryl methyl sites for hydroxylation is 1. The first kappa shape index (κ1) is 15.5. The number of carbonyl (C=O) groups is 2. The fraction of sp³-hybridized carbons (Fsp3) is 0.714. The molecule has 7 heteroatoms. The molecule has 1 heterocycles. The van der Waals surface area contributed by atoms with Crippen LogP contribution in [0.5, 0.6) is 0 Å². The molecule has 0 aliphatic heterocycles. The van der Waals surface area contributed by atoms with Crippen LogP contribution in [0.15, 0.2) is 12.4 Å². The SMILES string of the molecule is CCC1CC(C(=O)O)C(C(=O)NCCCn2ccnn2)C1. The summed E-state index contributed by atoms with van der Waals surface area (Å²) in [6.45, 7) is 3.26. The van der Waals surface area contributed by atoms with Crippen molar-refractivity contribution in [2.24, 2.45) is 17.8 Å². The monoisotopic (exact) mass is 294 g/mol. The van der Waals surface area contributed by atoms with Gasteiger partial charge in [-0.2, -0.15) is 0 Å². The summed E-state index contributed by atoms with van der Waals surface area (Å²) in [5, 5.41) is 19.6. The fourth-order valence-corrected chi connectivity index (χ4v) is 2.97. The van der Waals surface area contributed by atoms with Crippen LogP contribution in [0, 0.1) is 17.8 Å². The van der Waals surface area contributed by atoms with Crippen molar-refractivity contribution in [3.05, 3.63) is 12.4 Å². The molecule has 0 saturated heterocycles. The zero-order valence-corrected chi connectivity index (χ0v) is 12.2. The number of rotatable bonds is 7. The van der Waals surface area contributed by atoms with E-state index in [1.54, 1.807) is 17.1 Å². The highest BCUT2D eigenvalue weighted by Gasteiger charge is 2.41. The van der Waals surface area contributed by atoms with Gasteiger partial charge in [-0.1, -0.05) is 18.6 Å². The first-order valence-electron chi connectivity index (χ1n) is 7.46. The predicted octanol–water partition coefficient (Wildman–Crippen LogP) is 0.921. The van der Waals surface area contributed by atoms with E-state index in [-0.39, 0.29) is 11.8 Å². The Morgan fingerprint density at radius 2 is 2.14 bits per heavy atom. The molecule has 2 rings (SSSR count). The zero-order valence-electron chi connectivity index (χ0n) is 12.2. The third-order valence-corrected chi connectivity index (χ3v) is 4.23. The fourth-order valence-electron chi connectivity index (χ4n) is 2.97. The van der Waals surface area contributed by atoms with Gasteiger partial charge in [0, 0.05) is 19.3 Å². The van der Waals surface area contributed by atoms with Gasteiger partial charge in [0.1, 0.15) is 0 Å². The number of hydrogen-bond acceptors (Lipinski definition) is 4. The molecule has 1 fully saturated rings. The molecular formula is C14H22N4O3. The molecule has 0 radical (unpaired) electrons. The van der Waals surface area contributed by atoms with Crippen LogP contribution in [-0.4, -0.2) is 38.5 Å². The van der Waals surface area contributed by atoms with Crippen molar-refractivity contribution >= 4 is 11.9 Å². The third-order valence-electron chi connectivity index (χ3n) is 4.23. The Hall–Kier alpha value is -1.92. The Kier molecular flexibility index (Phi) is 5.30. The topological polar surface area (TPSA) is 97.1 Å². The molecule has 1 aromatic rings. The average molecular weight is 294 g/mol. The Bertz CT molecular complexity index is 475. The number of carboxylic acids is 1. The Morgan fingerprint density at radius 1 is 1.38 bits per heavy atom. The molecular weight excluding hydrogens is 272 g/mol. The summed E-state index contributed by atoms with van der Waals surface area (Å²) >= 11 is 0. The van der Waals surface area contributed by atoms with E-state index >= 15 is 0 Å². The van der Waals surface area contributed by atoms with Crippen molar-refractivity contribution < 1.29 is 14.7 Å². The molecule has 0 aromatic carbocycles. The summed E-state index contributed by atoms with van der Waals surface area (Å²) < 4.78 is 1.70. The lowest BCUT2D eigenvalue weighted by atomic mass is 9.95. The van der Waals surface area contributed by atoms with E-state index in [1.165, 1.54) is 0 Å². The number of aliphatic carboxylic acids is 1. The minimum absolute atomic E-state index is 0.128. The van der Waals surface area contributed by atoms with Crippen molar-refractivity contribution in [2.75, 3.05) is 6.54 Å². The molecule has 3 atom stereocenters. The number of carbonyl (C=O) groups excluding carboxylic acids is 1. The summed E-state index contributed by atoms with van der Waals surface area (Å²) in [6.07, 6.45) is 6.35. The number of nitrogens with one attached hydrogen (secondary N) is 1. The maximum absolute atomic E-state index is 12.2. The summed E-state index contributed by atoms with van der Waals surface area (Å²) in [4.78, 5) is 23.4. The zero-order chi connectivity index (χ0) is 15.2. The standard InChI is InChI=1S/C14H22N4O3/c1-2-10-8-11(12(9-10)14(20)21)13(19)15-4-3-6-18-7-5-16-17-18/h5,7,10-12H,2-4,6,8-9H2,1H3,(H,15,19)(H,20,21). The van der Waals surface area contributed by atoms with E-state index in [1.807, 2.05) is 6.92 Å². The Labute approximate surface area is 123 Å². The van der Waals surface area contributed by atoms with E-state index < -0.39 is 11.9 Å². The second-order valence-electron chi connectivity index (χ2n) is 5.61. The van der Waals surface area contributed by atoms with Crippen LogP contribution in [0.3, 0.4) is 0 Å². The second-order valence-corrected chi connectivity index (χ2v) is 5.61. The van der Waals surface area contributed by atoms with E-state index in [9.17, 15) is 14.7 Å². The maximum Gasteiger partial charge on any atom is 0.307 e. The van der Waals surface area contributed by atoms with E-state index in [2.05, 4.69) is 15.6 Å². The normalized spacial score (nSPS) is 24.9. The first-order valence-corrected chi connectivity index (χ1v) is 7.46. The molecule has 0 bridgehead atoms. The largest absolute Gasteiger partial charge is 0.481 e. The Morgan fingerprint density at radius 3 is 2.76 bits per heavy atom. The molecule has 0 spiro atoms. The number of aromatic nitrogens is 3. The number of carboxylic acid groups (broad SMARTS) is 1. The molecule has 1 aliphatic rings. The summed E-state index contributed by atoms with van der Waals surface area (Å²) in [5.41, 5.74) is 0. The summed E-state index contributed by atoms with van der Waals surface area (Å²) in [6, 6.07) is 0. The van der Waals surface area contributed by atoms with Crippen LogP contribution in [0.25, 0.3) is 0 Å². The van der Waals surface area contributed by atoms with Gasteiger partial charge in [0.15, 0.2) is 0 Å². The maximum atomic E-state index is 12.2. The lowest BCUT2D eigenvalue weighted by Gasteiger charge is -2.15. The van der Waals surface area contributed by atoms with E-state index in [0.717, 1.165) is 12.8 Å². The van der Waals surface area contributed by atoms with E-state index in [4.69, 9.17) is 0 Å². The molecule has 116 valence electrons. The van der Waals surface area contributed by atoms with Crippen molar-refractivity contribution in [1.29, 1.82) is 0 Å². The van der Waals surface area contributed by atoms with Gasteiger partial charge >= 0.3 is 5.97 Å². The number of amides is 1. The highest BCUT2D eigenvalue weighted by atomic mass is 16.4. The summed E-state index contributed by atoms with van der Waals surface area (Å²) in [7, 11) is 0. The second kappa shape index (κ2) is 7.19. The van der Waals surface area contributed by atoms with Gasteiger partial charge in [-0.25, -0.2) is 0 Å². The van der Waals surface area contributed by atoms with Crippen molar-refractivity contribution in [3.63, 3.8) is 0 Å². The highest BCUT2D eigenvalue weighted by Crippen LogP contribution is 2.38. The van der Waals surface area contributed by atoms with Crippen LogP contribution in [0.4, 0.5) is 0 Å². The van der Waals surface area contributed by atoms with E-state index in [0.29, 0.717) is 31.8 Å². The minimum atomic E-state index is -0.853. The third kappa shape index (κ3) is 4.03. The predicted molar refractivity (Wildman–Crippen MR) is 75.3 cm³/mol. The quantitative estimate of drug-likeness (QED) is 0.729. The van der Waals surface area contributed by atoms with Crippen LogP contribution in [0.1, 0.15) is 32.6 Å². The molecule has 1 saturated carbocycles. The molecule has 7 nitrogen and oxygen atoms in total. The van der Waals surface area contributed by atoms with Gasteiger partial charge in [0.2, 0.25) is 5.91 Å². The first-order chi connectivity index (χ1) is 10.1. The molecule has 3 unspecified atom stereocenters. The lowest BCUT2D eigenvalue weighted by Crippen LogP contribution is -2.36. The minimum Gasteiger partial charge on any atom is -0.481 e. The summed E-state index contributed by atoms with van der Waals surface area (Å²) in [5.74, 6) is -1.56. The molecule has 2 N–H and O–H groups in total. The van der Waals surface area contributed by atoms with Gasteiger partial charge in [-0.3, -0.25) is 14.3 Å². The van der Waals surface area contributed by atoms with Gasteiger partial charge in [0.25, 0.3) is 0 Å². The van der Waals surface area contributed by atoms with Gasteiger partial charge in [-0.05, 0) is 25.2 Å². The molecule has 1 amide bonds. The van der Waals surface area contributed by atoms with Gasteiger partial charge < -0.3 is 10.4 Å². The van der Waals surface area contributed by atoms with Crippen molar-refractivity contribution in [1.82, 2.24) is 20.3 Å². The number of hydrogen-bond donors (Lipinski definition) is 2. The van der Waals surface area contributed by atoms with Gasteiger partial charge in [0.05, 0.1) is 18.0 Å². The van der Waals surface area contributed by atoms with Gasteiger partial charge in [-0.15, -0.1) is 5.10 Å². The Balaban J connectivity index is 1.77. The highest BCUT2D eigenvalue weighted by molar-refractivity contribution is 5.85. The average Bonchev–Trinajstić information content (AvgIpc) is 3.12. The van der Waals surface area contributed by atoms with Crippen LogP contribution in [0.2, 0.25) is 0 Å². The molecule has 21 heavy (non-hydrogen) atoms. The number of nitrogens with zero attached hydrogens (tertiary/aromatic N) is 3. The lowest BCUT2D eigenvalue weighted by molar-refractivity contribution is -0.146. The van der Waals surface area contributed by atoms with Crippen LogP contribution < -0.4 is 5.32 Å². The molecule has 1 aliphatic carbocycles.